The Balaban J connectivity index is 1.71. The molecule has 4 heterocycles. The maximum Gasteiger partial charge on any atom is 0.350 e. The third kappa shape index (κ3) is 4.26. The van der Waals surface area contributed by atoms with Gasteiger partial charge in [-0.05, 0) is 50.1 Å². The standard InChI is InChI=1S/C28H24N4O6S/c1-5-12-38-27(37)24-15(3)29-28(39-24)32-21(17-9-6-10-18(33)13-17)19(23(35)26(32)36)22(34)20-16(4)31-11-7-8-14(2)25(31)30-20/h5-11,13,21,33-34H,1,12H2,2-4H3/b22-19+. The number of anilines is 1. The van der Waals surface area contributed by atoms with Crippen LogP contribution in [0.3, 0.4) is 0 Å². The highest BCUT2D eigenvalue weighted by Crippen LogP contribution is 2.44. The largest absolute Gasteiger partial charge is 0.508 e. The SMILES string of the molecule is C=CCOC(=O)c1sc(N2C(=O)C(=O)/C(=C(/O)c3nc4c(C)cccn4c3C)C2c2cccc(O)c2)nc1C. The highest BCUT2D eigenvalue weighted by atomic mass is 32.1. The Labute approximate surface area is 227 Å². The Bertz CT molecular complexity index is 1720. The molecule has 0 bridgehead atoms. The van der Waals surface area contributed by atoms with Crippen LogP contribution in [0.4, 0.5) is 5.13 Å². The zero-order valence-corrected chi connectivity index (χ0v) is 22.2. The fourth-order valence-corrected chi connectivity index (χ4v) is 5.58. The van der Waals surface area contributed by atoms with Crippen LogP contribution in [0.2, 0.25) is 0 Å². The fourth-order valence-electron chi connectivity index (χ4n) is 4.59. The molecule has 5 rings (SSSR count). The van der Waals surface area contributed by atoms with Crippen LogP contribution in [0.15, 0.2) is 60.8 Å². The third-order valence-electron chi connectivity index (χ3n) is 6.45. The molecule has 198 valence electrons. The topological polar surface area (TPSA) is 134 Å². The summed E-state index contributed by atoms with van der Waals surface area (Å²) >= 11 is 0.889. The lowest BCUT2D eigenvalue weighted by Crippen LogP contribution is -2.29. The number of aryl methyl sites for hydroxylation is 3. The van der Waals surface area contributed by atoms with Crippen molar-refractivity contribution in [1.82, 2.24) is 14.4 Å². The lowest BCUT2D eigenvalue weighted by molar-refractivity contribution is -0.132. The van der Waals surface area contributed by atoms with E-state index in [4.69, 9.17) is 4.74 Å². The number of esters is 1. The van der Waals surface area contributed by atoms with Crippen LogP contribution in [0.1, 0.15) is 43.9 Å². The molecule has 0 spiro atoms. The van der Waals surface area contributed by atoms with E-state index in [9.17, 15) is 24.6 Å². The number of hydrogen-bond donors (Lipinski definition) is 2. The number of carbonyl (C=O) groups excluding carboxylic acids is 3. The molecule has 1 aromatic carbocycles. The predicted molar refractivity (Wildman–Crippen MR) is 145 cm³/mol. The molecular weight excluding hydrogens is 520 g/mol. The van der Waals surface area contributed by atoms with Crippen LogP contribution < -0.4 is 4.90 Å². The van der Waals surface area contributed by atoms with Crippen LogP contribution in [0.25, 0.3) is 11.4 Å². The number of aromatic nitrogens is 3. The Morgan fingerprint density at radius 2 is 1.95 bits per heavy atom. The van der Waals surface area contributed by atoms with Crippen molar-refractivity contribution in [3.63, 3.8) is 0 Å². The van der Waals surface area contributed by atoms with E-state index in [2.05, 4.69) is 16.5 Å². The minimum atomic E-state index is -1.15. The van der Waals surface area contributed by atoms with E-state index >= 15 is 0 Å². The summed E-state index contributed by atoms with van der Waals surface area (Å²) in [6.07, 6.45) is 3.22. The monoisotopic (exact) mass is 544 g/mol. The number of phenolic OH excluding ortho intramolecular Hbond substituents is 1. The zero-order chi connectivity index (χ0) is 28.0. The first-order valence-corrected chi connectivity index (χ1v) is 12.8. The van der Waals surface area contributed by atoms with Gasteiger partial charge in [0.25, 0.3) is 5.78 Å². The average molecular weight is 545 g/mol. The molecule has 10 nitrogen and oxygen atoms in total. The van der Waals surface area contributed by atoms with Gasteiger partial charge in [0, 0.05) is 6.20 Å². The first-order chi connectivity index (χ1) is 18.6. The number of imidazole rings is 1. The number of fused-ring (bicyclic) bond motifs is 1. The number of Topliss-reactive ketones (excluding diaryl/α,β-unsaturated/α-hetero) is 1. The molecule has 1 aliphatic rings. The van der Waals surface area contributed by atoms with Crippen molar-refractivity contribution in [2.75, 3.05) is 11.5 Å². The van der Waals surface area contributed by atoms with Gasteiger partial charge in [0.1, 0.15) is 28.6 Å². The minimum Gasteiger partial charge on any atom is -0.508 e. The Morgan fingerprint density at radius 3 is 2.64 bits per heavy atom. The first-order valence-electron chi connectivity index (χ1n) is 11.9. The number of nitrogens with zero attached hydrogens (tertiary/aromatic N) is 4. The molecule has 0 radical (unpaired) electrons. The molecule has 2 N–H and O–H groups in total. The number of benzene rings is 1. The molecule has 1 unspecified atom stereocenters. The Hall–Kier alpha value is -4.77. The van der Waals surface area contributed by atoms with Crippen molar-refractivity contribution in [3.8, 4) is 5.75 Å². The van der Waals surface area contributed by atoms with Crippen molar-refractivity contribution in [1.29, 1.82) is 0 Å². The summed E-state index contributed by atoms with van der Waals surface area (Å²) < 4.78 is 6.91. The second-order valence-electron chi connectivity index (χ2n) is 8.99. The van der Waals surface area contributed by atoms with Crippen molar-refractivity contribution >= 4 is 45.5 Å². The summed E-state index contributed by atoms with van der Waals surface area (Å²) in [5, 5.41) is 21.8. The van der Waals surface area contributed by atoms with Crippen LogP contribution >= 0.6 is 11.3 Å². The van der Waals surface area contributed by atoms with Crippen LogP contribution in [0.5, 0.6) is 5.75 Å². The molecule has 1 saturated heterocycles. The maximum atomic E-state index is 13.5. The summed E-state index contributed by atoms with van der Waals surface area (Å²) in [4.78, 5) is 49.8. The molecule has 3 aromatic heterocycles. The number of hydrogen-bond acceptors (Lipinski definition) is 9. The molecule has 1 fully saturated rings. The number of rotatable bonds is 6. The lowest BCUT2D eigenvalue weighted by atomic mass is 9.96. The molecule has 39 heavy (non-hydrogen) atoms. The van der Waals surface area contributed by atoms with Gasteiger partial charge in [0.05, 0.1) is 23.0 Å². The van der Waals surface area contributed by atoms with Gasteiger partial charge in [-0.2, -0.15) is 0 Å². The smallest absolute Gasteiger partial charge is 0.350 e. The van der Waals surface area contributed by atoms with Gasteiger partial charge in [0.2, 0.25) is 0 Å². The summed E-state index contributed by atoms with van der Waals surface area (Å²) in [5.74, 6) is -3.08. The molecule has 11 heteroatoms. The lowest BCUT2D eigenvalue weighted by Gasteiger charge is -2.23. The van der Waals surface area contributed by atoms with Crippen LogP contribution in [0, 0.1) is 20.8 Å². The summed E-state index contributed by atoms with van der Waals surface area (Å²) in [6, 6.07) is 8.61. The van der Waals surface area contributed by atoms with Gasteiger partial charge in [-0.25, -0.2) is 14.8 Å². The van der Waals surface area contributed by atoms with E-state index in [1.165, 1.54) is 18.2 Å². The first kappa shape index (κ1) is 25.9. The second kappa shape index (κ2) is 9.84. The number of carbonyl (C=O) groups is 3. The maximum absolute atomic E-state index is 13.5. The van der Waals surface area contributed by atoms with E-state index in [0.717, 1.165) is 21.8 Å². The number of pyridine rings is 1. The van der Waals surface area contributed by atoms with E-state index in [-0.39, 0.29) is 33.6 Å². The summed E-state index contributed by atoms with van der Waals surface area (Å²) in [6.45, 7) is 8.74. The third-order valence-corrected chi connectivity index (χ3v) is 7.58. The number of phenols is 1. The number of thiazole rings is 1. The quantitative estimate of drug-likeness (QED) is 0.120. The number of amides is 1. The molecule has 0 saturated carbocycles. The highest BCUT2D eigenvalue weighted by molar-refractivity contribution is 7.17. The summed E-state index contributed by atoms with van der Waals surface area (Å²) in [7, 11) is 0. The minimum absolute atomic E-state index is 0.00283. The molecular formula is C28H24N4O6S. The van der Waals surface area contributed by atoms with Crippen molar-refractivity contribution < 1.29 is 29.3 Å². The molecule has 0 aliphatic carbocycles. The number of ether oxygens (including phenoxy) is 1. The number of ketones is 1. The van der Waals surface area contributed by atoms with Crippen molar-refractivity contribution in [2.45, 2.75) is 26.8 Å². The second-order valence-corrected chi connectivity index (χ2v) is 9.97. The van der Waals surface area contributed by atoms with Gasteiger partial charge in [-0.3, -0.25) is 14.5 Å². The number of aliphatic hydroxyl groups excluding tert-OH is 1. The predicted octanol–water partition coefficient (Wildman–Crippen LogP) is 4.39. The van der Waals surface area contributed by atoms with Gasteiger partial charge >= 0.3 is 11.9 Å². The average Bonchev–Trinajstić information content (AvgIpc) is 3.54. The van der Waals surface area contributed by atoms with E-state index in [1.54, 1.807) is 36.6 Å². The van der Waals surface area contributed by atoms with Gasteiger partial charge < -0.3 is 19.4 Å². The number of aromatic hydroxyl groups is 1. The Morgan fingerprint density at radius 1 is 1.18 bits per heavy atom. The normalized spacial score (nSPS) is 16.7. The van der Waals surface area contributed by atoms with Crippen LogP contribution in [-0.4, -0.2) is 48.8 Å². The van der Waals surface area contributed by atoms with Crippen molar-refractivity contribution in [3.05, 3.63) is 93.9 Å². The summed E-state index contributed by atoms with van der Waals surface area (Å²) in [5.41, 5.74) is 2.64. The Kier molecular flexibility index (Phi) is 6.52. The van der Waals surface area contributed by atoms with E-state index < -0.39 is 29.5 Å². The number of aliphatic hydroxyl groups is 1. The molecule has 1 amide bonds. The van der Waals surface area contributed by atoms with Crippen LogP contribution in [-0.2, 0) is 14.3 Å². The highest BCUT2D eigenvalue weighted by Gasteiger charge is 2.49. The van der Waals surface area contributed by atoms with Gasteiger partial charge in [-0.1, -0.05) is 42.2 Å². The molecule has 1 atom stereocenters. The molecule has 1 aliphatic heterocycles. The van der Waals surface area contributed by atoms with E-state index in [1.807, 2.05) is 19.1 Å². The fraction of sp³-hybridized carbons (Fsp3) is 0.179. The molecule has 4 aromatic rings. The van der Waals surface area contributed by atoms with E-state index in [0.29, 0.717) is 22.6 Å². The van der Waals surface area contributed by atoms with Gasteiger partial charge in [-0.15, -0.1) is 0 Å². The zero-order valence-electron chi connectivity index (χ0n) is 21.3. The van der Waals surface area contributed by atoms with Gasteiger partial charge in [0.15, 0.2) is 10.9 Å². The van der Waals surface area contributed by atoms with Crippen molar-refractivity contribution in [2.24, 2.45) is 0 Å².